The van der Waals surface area contributed by atoms with E-state index in [1.807, 2.05) is 13.0 Å². The van der Waals surface area contributed by atoms with Gasteiger partial charge in [0.2, 0.25) is 0 Å². The van der Waals surface area contributed by atoms with E-state index in [-0.39, 0.29) is 23.1 Å². The number of rotatable bonds is 6. The van der Waals surface area contributed by atoms with Crippen molar-refractivity contribution in [3.05, 3.63) is 41.2 Å². The maximum atomic E-state index is 12.6. The Morgan fingerprint density at radius 1 is 1.38 bits per heavy atom. The maximum Gasteiger partial charge on any atom is 0.199 e. The zero-order valence-electron chi connectivity index (χ0n) is 12.1. The van der Waals surface area contributed by atoms with Gasteiger partial charge in [-0.05, 0) is 43.5 Å². The lowest BCUT2D eigenvalue weighted by Gasteiger charge is -2.07. The molecule has 1 aliphatic carbocycles. The van der Waals surface area contributed by atoms with Gasteiger partial charge < -0.3 is 9.47 Å². The molecule has 0 amide bonds. The number of hydrogen-bond donors (Lipinski definition) is 0. The highest BCUT2D eigenvalue weighted by molar-refractivity contribution is 6.27. The van der Waals surface area contributed by atoms with Gasteiger partial charge in [-0.1, -0.05) is 0 Å². The van der Waals surface area contributed by atoms with Crippen molar-refractivity contribution in [2.24, 2.45) is 5.92 Å². The van der Waals surface area contributed by atoms with Crippen molar-refractivity contribution in [3.63, 3.8) is 0 Å². The lowest BCUT2D eigenvalue weighted by atomic mass is 9.97. The van der Waals surface area contributed by atoms with Gasteiger partial charge in [0.1, 0.15) is 11.3 Å². The smallest absolute Gasteiger partial charge is 0.199 e. The Morgan fingerprint density at radius 3 is 2.90 bits per heavy atom. The van der Waals surface area contributed by atoms with Crippen LogP contribution >= 0.6 is 0 Å². The summed E-state index contributed by atoms with van der Waals surface area (Å²) < 4.78 is 10.6. The van der Waals surface area contributed by atoms with Gasteiger partial charge in [-0.25, -0.2) is 0 Å². The Balaban J connectivity index is 1.88. The van der Waals surface area contributed by atoms with Crippen molar-refractivity contribution in [3.8, 4) is 5.75 Å². The molecule has 0 atom stereocenters. The van der Waals surface area contributed by atoms with Crippen molar-refractivity contribution < 1.29 is 19.1 Å². The molecule has 0 spiro atoms. The zero-order chi connectivity index (χ0) is 14.8. The molecule has 4 nitrogen and oxygen atoms in total. The number of carbonyl (C=O) groups is 2. The van der Waals surface area contributed by atoms with E-state index in [0.29, 0.717) is 18.8 Å². The van der Waals surface area contributed by atoms with Gasteiger partial charge in [0.15, 0.2) is 11.6 Å². The number of benzene rings is 1. The fourth-order valence-corrected chi connectivity index (χ4v) is 2.44. The SMILES string of the molecule is CCO/C=C(\C(=O)c1ccc2c(c1)CCO2)C(=O)C1CC1. The van der Waals surface area contributed by atoms with Crippen molar-refractivity contribution in [2.45, 2.75) is 26.2 Å². The predicted molar refractivity (Wildman–Crippen MR) is 77.4 cm³/mol. The molecule has 2 aliphatic rings. The summed E-state index contributed by atoms with van der Waals surface area (Å²) in [7, 11) is 0. The van der Waals surface area contributed by atoms with Crippen LogP contribution in [0.1, 0.15) is 35.7 Å². The number of ether oxygens (including phenoxy) is 2. The summed E-state index contributed by atoms with van der Waals surface area (Å²) in [4.78, 5) is 24.9. The van der Waals surface area contributed by atoms with Gasteiger partial charge >= 0.3 is 0 Å². The largest absolute Gasteiger partial charge is 0.501 e. The maximum absolute atomic E-state index is 12.6. The highest BCUT2D eigenvalue weighted by Crippen LogP contribution is 2.34. The lowest BCUT2D eigenvalue weighted by Crippen LogP contribution is -2.15. The third kappa shape index (κ3) is 2.84. The summed E-state index contributed by atoms with van der Waals surface area (Å²) in [5.74, 6) is 0.481. The molecule has 0 aromatic heterocycles. The van der Waals surface area contributed by atoms with E-state index in [1.165, 1.54) is 6.26 Å². The van der Waals surface area contributed by atoms with E-state index in [0.717, 1.165) is 30.6 Å². The van der Waals surface area contributed by atoms with E-state index < -0.39 is 0 Å². The third-order valence-electron chi connectivity index (χ3n) is 3.78. The molecule has 21 heavy (non-hydrogen) atoms. The number of ketones is 2. The second-order valence-electron chi connectivity index (χ2n) is 5.38. The van der Waals surface area contributed by atoms with Crippen LogP contribution in [-0.4, -0.2) is 24.8 Å². The molecule has 0 radical (unpaired) electrons. The van der Waals surface area contributed by atoms with Gasteiger partial charge in [-0.2, -0.15) is 0 Å². The molecule has 1 aliphatic heterocycles. The molecule has 0 N–H and O–H groups in total. The number of carbonyl (C=O) groups excluding carboxylic acids is 2. The molecule has 1 aromatic carbocycles. The van der Waals surface area contributed by atoms with Crippen LogP contribution in [0.4, 0.5) is 0 Å². The van der Waals surface area contributed by atoms with Gasteiger partial charge in [-0.15, -0.1) is 0 Å². The molecule has 0 saturated heterocycles. The fraction of sp³-hybridized carbons (Fsp3) is 0.412. The van der Waals surface area contributed by atoms with E-state index in [4.69, 9.17) is 9.47 Å². The van der Waals surface area contributed by atoms with Gasteiger partial charge in [0.05, 0.1) is 19.5 Å². The van der Waals surface area contributed by atoms with Crippen LogP contribution in [0.2, 0.25) is 0 Å². The number of Topliss-reactive ketones (excluding diaryl/α,β-unsaturated/α-hetero) is 2. The average Bonchev–Trinajstić information content (AvgIpc) is 3.24. The molecule has 1 heterocycles. The average molecular weight is 286 g/mol. The minimum absolute atomic E-state index is 0.00147. The summed E-state index contributed by atoms with van der Waals surface area (Å²) in [6, 6.07) is 5.34. The fourth-order valence-electron chi connectivity index (χ4n) is 2.44. The zero-order valence-corrected chi connectivity index (χ0v) is 12.1. The first-order valence-electron chi connectivity index (χ1n) is 7.37. The van der Waals surface area contributed by atoms with Crippen LogP contribution in [0, 0.1) is 5.92 Å². The molecule has 3 rings (SSSR count). The van der Waals surface area contributed by atoms with Crippen LogP contribution in [0.5, 0.6) is 5.75 Å². The highest BCUT2D eigenvalue weighted by Gasteiger charge is 2.35. The second kappa shape index (κ2) is 5.72. The van der Waals surface area contributed by atoms with E-state index >= 15 is 0 Å². The molecule has 0 bridgehead atoms. The predicted octanol–water partition coefficient (Wildman–Crippen LogP) is 2.70. The summed E-state index contributed by atoms with van der Waals surface area (Å²) >= 11 is 0. The van der Waals surface area contributed by atoms with Crippen LogP contribution in [-0.2, 0) is 16.0 Å². The molecule has 1 aromatic rings. The van der Waals surface area contributed by atoms with Crippen LogP contribution < -0.4 is 4.74 Å². The third-order valence-corrected chi connectivity index (χ3v) is 3.78. The number of hydrogen-bond acceptors (Lipinski definition) is 4. The van der Waals surface area contributed by atoms with Gasteiger partial charge in [0.25, 0.3) is 0 Å². The Labute approximate surface area is 123 Å². The topological polar surface area (TPSA) is 52.6 Å². The van der Waals surface area contributed by atoms with Crippen LogP contribution in [0.15, 0.2) is 30.0 Å². The first kappa shape index (κ1) is 13.9. The van der Waals surface area contributed by atoms with Crippen molar-refractivity contribution in [2.75, 3.05) is 13.2 Å². The lowest BCUT2D eigenvalue weighted by molar-refractivity contribution is -0.116. The summed E-state index contributed by atoms with van der Waals surface area (Å²) in [6.45, 7) is 2.91. The van der Waals surface area contributed by atoms with E-state index in [9.17, 15) is 9.59 Å². The van der Waals surface area contributed by atoms with Crippen LogP contribution in [0.3, 0.4) is 0 Å². The summed E-state index contributed by atoms with van der Waals surface area (Å²) in [6.07, 6.45) is 3.87. The molecule has 4 heteroatoms. The second-order valence-corrected chi connectivity index (χ2v) is 5.38. The molecule has 1 fully saturated rings. The first-order chi connectivity index (χ1) is 10.2. The minimum atomic E-state index is -0.255. The molecular formula is C17H18O4. The van der Waals surface area contributed by atoms with Crippen LogP contribution in [0.25, 0.3) is 0 Å². The standard InChI is InChI=1S/C17H18O4/c1-2-20-10-14(16(18)11-3-4-11)17(19)13-5-6-15-12(9-13)7-8-21-15/h5-6,9-11H,2-4,7-8H2,1H3/b14-10-. The quantitative estimate of drug-likeness (QED) is 0.265. The van der Waals surface area contributed by atoms with Gasteiger partial charge in [0, 0.05) is 17.9 Å². The molecule has 110 valence electrons. The minimum Gasteiger partial charge on any atom is -0.501 e. The molecular weight excluding hydrogens is 268 g/mol. The number of allylic oxidation sites excluding steroid dienone is 1. The molecule has 1 saturated carbocycles. The molecule has 0 unspecified atom stereocenters. The van der Waals surface area contributed by atoms with Crippen molar-refractivity contribution in [1.29, 1.82) is 0 Å². The highest BCUT2D eigenvalue weighted by atomic mass is 16.5. The van der Waals surface area contributed by atoms with Gasteiger partial charge in [-0.3, -0.25) is 9.59 Å². The van der Waals surface area contributed by atoms with Crippen molar-refractivity contribution in [1.82, 2.24) is 0 Å². The Morgan fingerprint density at radius 2 is 2.19 bits per heavy atom. The number of fused-ring (bicyclic) bond motifs is 1. The van der Waals surface area contributed by atoms with E-state index in [1.54, 1.807) is 12.1 Å². The van der Waals surface area contributed by atoms with E-state index in [2.05, 4.69) is 0 Å². The monoisotopic (exact) mass is 286 g/mol. The summed E-state index contributed by atoms with van der Waals surface area (Å²) in [5, 5.41) is 0. The summed E-state index contributed by atoms with van der Waals surface area (Å²) in [5.41, 5.74) is 1.72. The normalized spacial score (nSPS) is 17.1. The van der Waals surface area contributed by atoms with Crippen molar-refractivity contribution >= 4 is 11.6 Å². The Hall–Kier alpha value is -2.10. The first-order valence-corrected chi connectivity index (χ1v) is 7.37. The Bertz CT molecular complexity index is 611. The Kier molecular flexibility index (Phi) is 3.78.